The van der Waals surface area contributed by atoms with Crippen molar-refractivity contribution in [3.63, 3.8) is 0 Å². The topological polar surface area (TPSA) is 38.0 Å². The quantitative estimate of drug-likeness (QED) is 0.659. The third-order valence-electron chi connectivity index (χ3n) is 3.31. The summed E-state index contributed by atoms with van der Waals surface area (Å²) < 4.78 is 0. The van der Waals surface area contributed by atoms with E-state index in [0.29, 0.717) is 0 Å². The van der Waals surface area contributed by atoms with E-state index in [1.807, 2.05) is 29.6 Å². The number of hydrazine groups is 1. The minimum atomic E-state index is -0.134. The molecular weight excluding hydrogens is 264 g/mol. The highest BCUT2D eigenvalue weighted by Crippen LogP contribution is 2.41. The van der Waals surface area contributed by atoms with Gasteiger partial charge in [-0.1, -0.05) is 55.8 Å². The van der Waals surface area contributed by atoms with Gasteiger partial charge >= 0.3 is 0 Å². The zero-order valence-corrected chi connectivity index (χ0v) is 12.1. The molecule has 2 nitrogen and oxygen atoms in total. The Balaban J connectivity index is 2.42. The van der Waals surface area contributed by atoms with E-state index in [-0.39, 0.29) is 11.5 Å². The molecule has 96 valence electrons. The SMILES string of the molecule is CC(C)(c1ccccc1)C(NN)c1sccc1Cl. The highest BCUT2D eigenvalue weighted by Gasteiger charge is 2.33. The summed E-state index contributed by atoms with van der Waals surface area (Å²) in [5.74, 6) is 5.75. The Morgan fingerprint density at radius 2 is 1.89 bits per heavy atom. The van der Waals surface area contributed by atoms with E-state index >= 15 is 0 Å². The van der Waals surface area contributed by atoms with Gasteiger partial charge in [-0.15, -0.1) is 11.3 Å². The molecule has 2 rings (SSSR count). The molecule has 0 saturated carbocycles. The number of nitrogens with one attached hydrogen (secondary N) is 1. The van der Waals surface area contributed by atoms with Crippen LogP contribution in [0.25, 0.3) is 0 Å². The van der Waals surface area contributed by atoms with E-state index in [0.717, 1.165) is 9.90 Å². The Hall–Kier alpha value is -0.870. The van der Waals surface area contributed by atoms with E-state index in [4.69, 9.17) is 17.4 Å². The lowest BCUT2D eigenvalue weighted by atomic mass is 9.77. The third-order valence-corrected chi connectivity index (χ3v) is 4.74. The Morgan fingerprint density at radius 1 is 1.22 bits per heavy atom. The summed E-state index contributed by atoms with van der Waals surface area (Å²) in [5, 5.41) is 2.76. The van der Waals surface area contributed by atoms with Crippen molar-refractivity contribution in [3.8, 4) is 0 Å². The lowest BCUT2D eigenvalue weighted by Gasteiger charge is -2.34. The molecule has 1 aromatic carbocycles. The molecule has 1 unspecified atom stereocenters. The van der Waals surface area contributed by atoms with Gasteiger partial charge in [-0.3, -0.25) is 11.3 Å². The number of halogens is 1. The van der Waals surface area contributed by atoms with Crippen LogP contribution in [0.1, 0.15) is 30.3 Å². The van der Waals surface area contributed by atoms with Gasteiger partial charge in [0.25, 0.3) is 0 Å². The van der Waals surface area contributed by atoms with Gasteiger partial charge in [0, 0.05) is 10.3 Å². The molecule has 18 heavy (non-hydrogen) atoms. The highest BCUT2D eigenvalue weighted by molar-refractivity contribution is 7.10. The molecule has 2 aromatic rings. The van der Waals surface area contributed by atoms with Gasteiger partial charge < -0.3 is 0 Å². The molecule has 0 spiro atoms. The van der Waals surface area contributed by atoms with E-state index in [9.17, 15) is 0 Å². The monoisotopic (exact) mass is 280 g/mol. The predicted octanol–water partition coefficient (Wildman–Crippen LogP) is 3.88. The van der Waals surface area contributed by atoms with Crippen molar-refractivity contribution in [1.29, 1.82) is 0 Å². The van der Waals surface area contributed by atoms with Gasteiger partial charge in [-0.2, -0.15) is 0 Å². The molecular formula is C14H17ClN2S. The molecule has 0 amide bonds. The minimum Gasteiger partial charge on any atom is -0.271 e. The first-order chi connectivity index (χ1) is 8.57. The first kappa shape index (κ1) is 13.6. The third kappa shape index (κ3) is 2.45. The molecule has 4 heteroatoms. The molecule has 0 fully saturated rings. The second-order valence-electron chi connectivity index (χ2n) is 4.82. The zero-order chi connectivity index (χ0) is 13.2. The summed E-state index contributed by atoms with van der Waals surface area (Å²) in [4.78, 5) is 1.08. The van der Waals surface area contributed by atoms with Crippen LogP contribution in [-0.4, -0.2) is 0 Å². The van der Waals surface area contributed by atoms with E-state index < -0.39 is 0 Å². The Morgan fingerprint density at radius 3 is 2.39 bits per heavy atom. The van der Waals surface area contributed by atoms with Crippen LogP contribution in [0.2, 0.25) is 5.02 Å². The van der Waals surface area contributed by atoms with Gasteiger partial charge in [0.05, 0.1) is 11.1 Å². The van der Waals surface area contributed by atoms with Crippen LogP contribution in [0.15, 0.2) is 41.8 Å². The van der Waals surface area contributed by atoms with E-state index in [1.165, 1.54) is 5.56 Å². The fourth-order valence-corrected chi connectivity index (χ4v) is 3.57. The smallest absolute Gasteiger partial charge is 0.0659 e. The number of nitrogens with two attached hydrogens (primary N) is 1. The first-order valence-corrected chi connectivity index (χ1v) is 7.07. The largest absolute Gasteiger partial charge is 0.271 e. The summed E-state index contributed by atoms with van der Waals surface area (Å²) in [5.41, 5.74) is 4.01. The van der Waals surface area contributed by atoms with Gasteiger partial charge in [0.15, 0.2) is 0 Å². The Labute approximate surface area is 117 Å². The number of hydrogen-bond acceptors (Lipinski definition) is 3. The van der Waals surface area contributed by atoms with Gasteiger partial charge in [-0.25, -0.2) is 0 Å². The summed E-state index contributed by atoms with van der Waals surface area (Å²) >= 11 is 7.85. The van der Waals surface area contributed by atoms with Crippen LogP contribution >= 0.6 is 22.9 Å². The van der Waals surface area contributed by atoms with Crippen molar-refractivity contribution >= 4 is 22.9 Å². The number of rotatable bonds is 4. The van der Waals surface area contributed by atoms with Gasteiger partial charge in [0.1, 0.15) is 0 Å². The van der Waals surface area contributed by atoms with Crippen molar-refractivity contribution in [3.05, 3.63) is 57.2 Å². The molecule has 0 aliphatic rings. The molecule has 1 heterocycles. The van der Waals surface area contributed by atoms with Crippen LogP contribution in [0.4, 0.5) is 0 Å². The fourth-order valence-electron chi connectivity index (χ4n) is 2.16. The lowest BCUT2D eigenvalue weighted by Crippen LogP contribution is -2.40. The maximum atomic E-state index is 6.22. The number of benzene rings is 1. The van der Waals surface area contributed by atoms with Crippen molar-refractivity contribution in [2.75, 3.05) is 0 Å². The molecule has 0 aliphatic heterocycles. The van der Waals surface area contributed by atoms with Crippen molar-refractivity contribution in [2.24, 2.45) is 5.84 Å². The first-order valence-electron chi connectivity index (χ1n) is 5.82. The van der Waals surface area contributed by atoms with Crippen molar-refractivity contribution in [1.82, 2.24) is 5.43 Å². The van der Waals surface area contributed by atoms with Crippen LogP contribution in [0.3, 0.4) is 0 Å². The Bertz CT molecular complexity index is 508. The van der Waals surface area contributed by atoms with E-state index in [1.54, 1.807) is 11.3 Å². The molecule has 0 saturated heterocycles. The second-order valence-corrected chi connectivity index (χ2v) is 6.18. The highest BCUT2D eigenvalue weighted by atomic mass is 35.5. The molecule has 0 aliphatic carbocycles. The van der Waals surface area contributed by atoms with Crippen LogP contribution in [0.5, 0.6) is 0 Å². The lowest BCUT2D eigenvalue weighted by molar-refractivity contribution is 0.358. The normalized spacial score (nSPS) is 13.6. The summed E-state index contributed by atoms with van der Waals surface area (Å²) in [6, 6.07) is 12.2. The summed E-state index contributed by atoms with van der Waals surface area (Å²) in [7, 11) is 0. The molecule has 1 aromatic heterocycles. The molecule has 3 N–H and O–H groups in total. The number of thiophene rings is 1. The number of hydrogen-bond donors (Lipinski definition) is 2. The van der Waals surface area contributed by atoms with Crippen molar-refractivity contribution < 1.29 is 0 Å². The molecule has 1 atom stereocenters. The van der Waals surface area contributed by atoms with Crippen LogP contribution < -0.4 is 11.3 Å². The van der Waals surface area contributed by atoms with Gasteiger partial charge in [-0.05, 0) is 17.0 Å². The fraction of sp³-hybridized carbons (Fsp3) is 0.286. The zero-order valence-electron chi connectivity index (χ0n) is 10.5. The summed E-state index contributed by atoms with van der Waals surface area (Å²) in [6.07, 6.45) is 0. The standard InChI is InChI=1S/C14H17ClN2S/c1-14(2,10-6-4-3-5-7-10)13(17-16)12-11(15)8-9-18-12/h3-9,13,17H,16H2,1-2H3. The second kappa shape index (κ2) is 5.41. The average Bonchev–Trinajstić information content (AvgIpc) is 2.78. The van der Waals surface area contributed by atoms with Gasteiger partial charge in [0.2, 0.25) is 0 Å². The summed E-state index contributed by atoms with van der Waals surface area (Å²) in [6.45, 7) is 4.34. The maximum absolute atomic E-state index is 6.22. The molecule has 0 radical (unpaired) electrons. The van der Waals surface area contributed by atoms with Crippen LogP contribution in [-0.2, 0) is 5.41 Å². The van der Waals surface area contributed by atoms with Crippen LogP contribution in [0, 0.1) is 0 Å². The predicted molar refractivity (Wildman–Crippen MR) is 78.9 cm³/mol. The van der Waals surface area contributed by atoms with Crippen molar-refractivity contribution in [2.45, 2.75) is 25.3 Å². The minimum absolute atomic E-state index is 0.00704. The molecule has 0 bridgehead atoms. The Kier molecular flexibility index (Phi) is 4.07. The average molecular weight is 281 g/mol. The maximum Gasteiger partial charge on any atom is 0.0659 e. The van der Waals surface area contributed by atoms with E-state index in [2.05, 4.69) is 31.4 Å².